The Bertz CT molecular complexity index is 1260. The molecule has 2 aromatic rings. The fourth-order valence-electron chi connectivity index (χ4n) is 5.26. The Morgan fingerprint density at radius 1 is 1.38 bits per heavy atom. The van der Waals surface area contributed by atoms with Crippen LogP contribution in [-0.4, -0.2) is 59.6 Å². The van der Waals surface area contributed by atoms with Gasteiger partial charge >= 0.3 is 5.69 Å². The fourth-order valence-corrected chi connectivity index (χ4v) is 5.26. The number of anilines is 1. The number of benzene rings is 1. The Morgan fingerprint density at radius 3 is 2.76 bits per heavy atom. The number of aryl methyl sites for hydroxylation is 1. The Labute approximate surface area is 197 Å². The molecule has 2 unspecified atom stereocenters. The molecule has 1 aliphatic heterocycles. The molecule has 0 bridgehead atoms. The minimum absolute atomic E-state index is 0.00133. The topological polar surface area (TPSA) is 114 Å². The molecule has 2 atom stereocenters. The van der Waals surface area contributed by atoms with Crippen molar-refractivity contribution in [3.8, 4) is 6.07 Å². The number of aromatic nitrogens is 2. The van der Waals surface area contributed by atoms with Crippen molar-refractivity contribution < 1.29 is 9.18 Å². The van der Waals surface area contributed by atoms with Gasteiger partial charge in [0.05, 0.1) is 22.7 Å². The van der Waals surface area contributed by atoms with Gasteiger partial charge in [0.25, 0.3) is 5.56 Å². The molecule has 2 N–H and O–H groups in total. The molecule has 1 amide bonds. The molecule has 182 valence electrons. The Hall–Kier alpha value is -3.19. The smallest absolute Gasteiger partial charge is 0.329 e. The lowest BCUT2D eigenvalue weighted by molar-refractivity contribution is -0.119. The number of nitrogens with one attached hydrogen (secondary N) is 2. The number of fused-ring (bicyclic) bond motifs is 1. The van der Waals surface area contributed by atoms with E-state index in [0.29, 0.717) is 49.4 Å². The highest BCUT2D eigenvalue weighted by molar-refractivity contribution is 5.87. The Morgan fingerprint density at radius 2 is 2.12 bits per heavy atom. The zero-order valence-corrected chi connectivity index (χ0v) is 19.9. The average molecular weight is 471 g/mol. The van der Waals surface area contributed by atoms with Crippen LogP contribution in [0.2, 0.25) is 0 Å². The molecule has 1 aromatic heterocycles. The molecule has 1 saturated heterocycles. The number of carbonyl (C=O) groups excluding carboxylic acids is 1. The van der Waals surface area contributed by atoms with Crippen molar-refractivity contribution in [2.24, 2.45) is 5.92 Å². The number of amides is 1. The standard InChI is InChI=1S/C24H31FN6O3/c1-14-21-18(23(33)28-24(34)31(21)17-5-6-17)11-19(25)22(14)30-10-7-16(13-30)20(12-27-15(2)32)29(3)9-4-8-26/h11,16-17,20H,4-7,9-10,12-13H2,1-3H3,(H,27,32)(H,28,33,34). The van der Waals surface area contributed by atoms with E-state index in [0.717, 1.165) is 19.3 Å². The molecule has 10 heteroatoms. The summed E-state index contributed by atoms with van der Waals surface area (Å²) in [5, 5.41) is 12.1. The molecular weight excluding hydrogens is 439 g/mol. The second-order valence-electron chi connectivity index (χ2n) is 9.48. The molecule has 2 heterocycles. The van der Waals surface area contributed by atoms with E-state index in [1.165, 1.54) is 13.0 Å². The number of hydrogen-bond acceptors (Lipinski definition) is 6. The summed E-state index contributed by atoms with van der Waals surface area (Å²) >= 11 is 0. The van der Waals surface area contributed by atoms with Crippen molar-refractivity contribution in [3.05, 3.63) is 38.3 Å². The number of carbonyl (C=O) groups is 1. The fraction of sp³-hybridized carbons (Fsp3) is 0.583. The quantitative estimate of drug-likeness (QED) is 0.606. The normalized spacial score (nSPS) is 18.9. The van der Waals surface area contributed by atoms with Crippen LogP contribution in [0, 0.1) is 30.0 Å². The predicted molar refractivity (Wildman–Crippen MR) is 127 cm³/mol. The first-order valence-corrected chi connectivity index (χ1v) is 11.8. The molecule has 34 heavy (non-hydrogen) atoms. The third kappa shape index (κ3) is 4.57. The molecule has 0 spiro atoms. The molecule has 1 aromatic carbocycles. The van der Waals surface area contributed by atoms with Crippen molar-refractivity contribution in [2.45, 2.75) is 51.6 Å². The number of nitriles is 1. The van der Waals surface area contributed by atoms with Gasteiger partial charge in [0.2, 0.25) is 5.91 Å². The summed E-state index contributed by atoms with van der Waals surface area (Å²) in [5.74, 6) is -0.448. The van der Waals surface area contributed by atoms with Crippen LogP contribution in [0.3, 0.4) is 0 Å². The highest BCUT2D eigenvalue weighted by Crippen LogP contribution is 2.39. The van der Waals surface area contributed by atoms with E-state index < -0.39 is 17.1 Å². The van der Waals surface area contributed by atoms with Gasteiger partial charge in [-0.05, 0) is 45.2 Å². The SMILES string of the molecule is CC(=O)NCC(C1CCN(c2c(F)cc3c(=O)[nH]c(=O)n(C4CC4)c3c2C)C1)N(C)CCC#N. The highest BCUT2D eigenvalue weighted by atomic mass is 19.1. The number of H-pyrrole nitrogens is 1. The molecule has 1 saturated carbocycles. The van der Waals surface area contributed by atoms with Crippen LogP contribution in [0.25, 0.3) is 10.9 Å². The predicted octanol–water partition coefficient (Wildman–Crippen LogP) is 1.65. The van der Waals surface area contributed by atoms with Crippen molar-refractivity contribution in [1.82, 2.24) is 19.8 Å². The maximum absolute atomic E-state index is 15.4. The van der Waals surface area contributed by atoms with Gasteiger partial charge in [-0.25, -0.2) is 9.18 Å². The molecule has 2 aliphatic rings. The summed E-state index contributed by atoms with van der Waals surface area (Å²) in [7, 11) is 1.94. The van der Waals surface area contributed by atoms with Crippen molar-refractivity contribution in [1.29, 1.82) is 5.26 Å². The molecule has 4 rings (SSSR count). The monoisotopic (exact) mass is 470 g/mol. The first kappa shape index (κ1) is 24.0. The summed E-state index contributed by atoms with van der Waals surface area (Å²) < 4.78 is 17.0. The van der Waals surface area contributed by atoms with E-state index in [1.807, 2.05) is 11.9 Å². The van der Waals surface area contributed by atoms with Crippen molar-refractivity contribution in [3.63, 3.8) is 0 Å². The van der Waals surface area contributed by atoms with Crippen LogP contribution < -0.4 is 21.5 Å². The van der Waals surface area contributed by atoms with E-state index in [2.05, 4.69) is 21.3 Å². The van der Waals surface area contributed by atoms with E-state index in [4.69, 9.17) is 5.26 Å². The van der Waals surface area contributed by atoms with E-state index in [9.17, 15) is 14.4 Å². The lowest BCUT2D eigenvalue weighted by atomic mass is 9.97. The highest BCUT2D eigenvalue weighted by Gasteiger charge is 2.35. The van der Waals surface area contributed by atoms with Crippen LogP contribution in [-0.2, 0) is 4.79 Å². The minimum Gasteiger partial charge on any atom is -0.369 e. The van der Waals surface area contributed by atoms with E-state index in [1.54, 1.807) is 11.5 Å². The summed E-state index contributed by atoms with van der Waals surface area (Å²) in [6.07, 6.45) is 2.90. The van der Waals surface area contributed by atoms with Crippen LogP contribution in [0.15, 0.2) is 15.7 Å². The second kappa shape index (κ2) is 9.58. The van der Waals surface area contributed by atoms with Gasteiger partial charge in [-0.2, -0.15) is 5.26 Å². The van der Waals surface area contributed by atoms with Crippen LogP contribution in [0.1, 0.15) is 44.2 Å². The molecule has 1 aliphatic carbocycles. The van der Waals surface area contributed by atoms with Gasteiger partial charge in [-0.3, -0.25) is 19.1 Å². The van der Waals surface area contributed by atoms with Crippen LogP contribution in [0.4, 0.5) is 10.1 Å². The first-order valence-electron chi connectivity index (χ1n) is 11.8. The van der Waals surface area contributed by atoms with Gasteiger partial charge in [0, 0.05) is 57.2 Å². The van der Waals surface area contributed by atoms with Gasteiger partial charge in [0.1, 0.15) is 5.82 Å². The Balaban J connectivity index is 1.68. The summed E-state index contributed by atoms with van der Waals surface area (Å²) in [6, 6.07) is 3.44. The largest absolute Gasteiger partial charge is 0.369 e. The molecule has 0 radical (unpaired) electrons. The lowest BCUT2D eigenvalue weighted by Gasteiger charge is -2.33. The minimum atomic E-state index is -0.570. The van der Waals surface area contributed by atoms with E-state index >= 15 is 4.39 Å². The van der Waals surface area contributed by atoms with Gasteiger partial charge in [-0.1, -0.05) is 0 Å². The average Bonchev–Trinajstić information content (AvgIpc) is 3.50. The van der Waals surface area contributed by atoms with Gasteiger partial charge < -0.3 is 15.1 Å². The molecule has 9 nitrogen and oxygen atoms in total. The van der Waals surface area contributed by atoms with Gasteiger partial charge in [0.15, 0.2) is 0 Å². The zero-order valence-electron chi connectivity index (χ0n) is 19.9. The number of nitrogens with zero attached hydrogens (tertiary/aromatic N) is 4. The van der Waals surface area contributed by atoms with Crippen molar-refractivity contribution in [2.75, 3.05) is 38.1 Å². The number of halogens is 1. The summed E-state index contributed by atoms with van der Waals surface area (Å²) in [6.45, 7) is 5.47. The van der Waals surface area contributed by atoms with Gasteiger partial charge in [-0.15, -0.1) is 0 Å². The second-order valence-corrected chi connectivity index (χ2v) is 9.48. The number of aromatic amines is 1. The Kier molecular flexibility index (Phi) is 6.75. The number of likely N-dealkylation sites (N-methyl/N-ethyl adjacent to an activating group) is 1. The van der Waals surface area contributed by atoms with E-state index in [-0.39, 0.29) is 29.3 Å². The maximum atomic E-state index is 15.4. The molecular formula is C24H31FN6O3. The summed E-state index contributed by atoms with van der Waals surface area (Å²) in [4.78, 5) is 43.0. The first-order chi connectivity index (χ1) is 16.2. The van der Waals surface area contributed by atoms with Crippen LogP contribution >= 0.6 is 0 Å². The number of hydrogen-bond donors (Lipinski definition) is 2. The lowest BCUT2D eigenvalue weighted by Crippen LogP contribution is -2.47. The van der Waals surface area contributed by atoms with Crippen molar-refractivity contribution >= 4 is 22.5 Å². The third-order valence-corrected chi connectivity index (χ3v) is 7.09. The zero-order chi connectivity index (χ0) is 24.6. The summed E-state index contributed by atoms with van der Waals surface area (Å²) in [5.41, 5.74) is 0.514. The maximum Gasteiger partial charge on any atom is 0.329 e. The molecule has 2 fully saturated rings. The third-order valence-electron chi connectivity index (χ3n) is 7.09. The number of rotatable bonds is 8. The van der Waals surface area contributed by atoms with Crippen LogP contribution in [0.5, 0.6) is 0 Å².